The fourth-order valence-corrected chi connectivity index (χ4v) is 2.89. The molecule has 0 fully saturated rings. The van der Waals surface area contributed by atoms with E-state index in [0.29, 0.717) is 0 Å². The van der Waals surface area contributed by atoms with Crippen LogP contribution in [-0.2, 0) is 4.74 Å². The summed E-state index contributed by atoms with van der Waals surface area (Å²) in [4.78, 5) is 13.8. The third-order valence-electron chi connectivity index (χ3n) is 3.99. The highest BCUT2D eigenvalue weighted by molar-refractivity contribution is 6.12. The first kappa shape index (κ1) is 13.2. The molecule has 5 heterocycles. The summed E-state index contributed by atoms with van der Waals surface area (Å²) < 4.78 is 5.87. The van der Waals surface area contributed by atoms with Crippen LogP contribution in [0.5, 0.6) is 0 Å². The molecule has 0 spiro atoms. The molecule has 114 valence electrons. The number of hydrogen-bond donors (Lipinski definition) is 0. The van der Waals surface area contributed by atoms with Crippen molar-refractivity contribution in [1.82, 2.24) is 0 Å². The molecule has 5 aliphatic heterocycles. The van der Waals surface area contributed by atoms with E-state index in [-0.39, 0.29) is 0 Å². The first-order valence-electron chi connectivity index (χ1n) is 7.84. The molecule has 4 heteroatoms. The van der Waals surface area contributed by atoms with Crippen LogP contribution in [0, 0.1) is 0 Å². The van der Waals surface area contributed by atoms with Crippen molar-refractivity contribution in [3.63, 3.8) is 0 Å². The number of allylic oxidation sites excluding steroid dienone is 11. The average molecular weight is 311 g/mol. The first-order valence-corrected chi connectivity index (χ1v) is 7.84. The van der Waals surface area contributed by atoms with E-state index in [4.69, 9.17) is 4.74 Å². The molecule has 0 saturated heterocycles. The van der Waals surface area contributed by atoms with Gasteiger partial charge in [0.1, 0.15) is 11.5 Å². The van der Waals surface area contributed by atoms with Crippen LogP contribution in [0.15, 0.2) is 110 Å². The lowest BCUT2D eigenvalue weighted by molar-refractivity contribution is 0.338. The Morgan fingerprint density at radius 1 is 0.625 bits per heavy atom. The van der Waals surface area contributed by atoms with Crippen molar-refractivity contribution in [1.29, 1.82) is 0 Å². The normalized spacial score (nSPS) is 31.7. The summed E-state index contributed by atoms with van der Waals surface area (Å²) in [6.45, 7) is 0. The van der Waals surface area contributed by atoms with Crippen LogP contribution >= 0.6 is 0 Å². The molecular formula is C20H13N3O. The van der Waals surface area contributed by atoms with Crippen LogP contribution in [0.3, 0.4) is 0 Å². The lowest BCUT2D eigenvalue weighted by atomic mass is 10.2. The second-order valence-electron chi connectivity index (χ2n) is 5.84. The minimum Gasteiger partial charge on any atom is -0.462 e. The highest BCUT2D eigenvalue weighted by atomic mass is 16.5. The van der Waals surface area contributed by atoms with Crippen LogP contribution in [-0.4, -0.2) is 17.1 Å². The summed E-state index contributed by atoms with van der Waals surface area (Å²) in [6, 6.07) is 0. The maximum absolute atomic E-state index is 5.87. The minimum atomic E-state index is 0.769. The zero-order chi connectivity index (χ0) is 15.9. The van der Waals surface area contributed by atoms with Gasteiger partial charge in [0.2, 0.25) is 0 Å². The smallest absolute Gasteiger partial charge is 0.125 e. The van der Waals surface area contributed by atoms with Crippen molar-refractivity contribution < 1.29 is 4.74 Å². The largest absolute Gasteiger partial charge is 0.462 e. The lowest BCUT2D eigenvalue weighted by Crippen LogP contribution is -1.90. The topological polar surface area (TPSA) is 46.3 Å². The van der Waals surface area contributed by atoms with E-state index in [1.165, 1.54) is 0 Å². The summed E-state index contributed by atoms with van der Waals surface area (Å²) >= 11 is 0. The number of fused-ring (bicyclic) bond motifs is 5. The van der Waals surface area contributed by atoms with E-state index in [9.17, 15) is 0 Å². The summed E-state index contributed by atoms with van der Waals surface area (Å²) in [5.41, 5.74) is 5.34. The maximum Gasteiger partial charge on any atom is 0.125 e. The van der Waals surface area contributed by atoms with E-state index in [1.807, 2.05) is 60.8 Å². The van der Waals surface area contributed by atoms with E-state index >= 15 is 0 Å². The zero-order valence-electron chi connectivity index (χ0n) is 12.8. The molecule has 5 rings (SSSR count). The summed E-state index contributed by atoms with van der Waals surface area (Å²) in [7, 11) is 0. The fourth-order valence-electron chi connectivity index (χ4n) is 2.89. The highest BCUT2D eigenvalue weighted by Gasteiger charge is 2.14. The van der Waals surface area contributed by atoms with Gasteiger partial charge in [-0.15, -0.1) is 0 Å². The van der Waals surface area contributed by atoms with Gasteiger partial charge >= 0.3 is 0 Å². The Balaban J connectivity index is 1.61. The maximum atomic E-state index is 5.87. The molecule has 4 nitrogen and oxygen atoms in total. The van der Waals surface area contributed by atoms with E-state index in [0.717, 1.165) is 52.2 Å². The molecule has 0 aromatic carbocycles. The summed E-state index contributed by atoms with van der Waals surface area (Å²) in [5, 5.41) is 0. The molecule has 5 aliphatic rings. The molecule has 8 bridgehead atoms. The van der Waals surface area contributed by atoms with Crippen molar-refractivity contribution in [2.24, 2.45) is 15.0 Å². The van der Waals surface area contributed by atoms with Crippen LogP contribution in [0.2, 0.25) is 0 Å². The highest BCUT2D eigenvalue weighted by Crippen LogP contribution is 2.25. The average Bonchev–Trinajstić information content (AvgIpc) is 3.32. The third-order valence-corrected chi connectivity index (χ3v) is 3.99. The SMILES string of the molecule is C1=C/C2=C/C3=CC/C(=C/C4=NC(=C\C5=NC(=C\C1=N2)/C=C5)/C=C4)O3. The number of rotatable bonds is 0. The van der Waals surface area contributed by atoms with Crippen LogP contribution < -0.4 is 0 Å². The molecule has 0 amide bonds. The molecule has 0 N–H and O–H groups in total. The zero-order valence-corrected chi connectivity index (χ0v) is 12.8. The van der Waals surface area contributed by atoms with E-state index in [1.54, 1.807) is 0 Å². The second kappa shape index (κ2) is 5.13. The van der Waals surface area contributed by atoms with Gasteiger partial charge in [0.15, 0.2) is 0 Å². The number of hydrogen-bond acceptors (Lipinski definition) is 4. The van der Waals surface area contributed by atoms with Crippen LogP contribution in [0.1, 0.15) is 6.42 Å². The van der Waals surface area contributed by atoms with Gasteiger partial charge in [-0.25, -0.2) is 15.0 Å². The second-order valence-corrected chi connectivity index (χ2v) is 5.84. The monoisotopic (exact) mass is 311 g/mol. The molecule has 24 heavy (non-hydrogen) atoms. The minimum absolute atomic E-state index is 0.769. The number of ether oxygens (including phenoxy) is 1. The Labute approximate surface area is 139 Å². The lowest BCUT2D eigenvalue weighted by Gasteiger charge is -2.01. The van der Waals surface area contributed by atoms with Gasteiger partial charge < -0.3 is 4.74 Å². The van der Waals surface area contributed by atoms with Gasteiger partial charge in [0, 0.05) is 18.6 Å². The third kappa shape index (κ3) is 2.48. The molecule has 0 aliphatic carbocycles. The molecule has 0 atom stereocenters. The predicted octanol–water partition coefficient (Wildman–Crippen LogP) is 3.87. The van der Waals surface area contributed by atoms with Crippen molar-refractivity contribution in [2.75, 3.05) is 0 Å². The Kier molecular flexibility index (Phi) is 2.82. The molecule has 0 radical (unpaired) electrons. The molecule has 0 aromatic heterocycles. The molecular weight excluding hydrogens is 298 g/mol. The standard InChI is InChI=1S/C20H13N3O/c1-2-14-10-16-4-6-18(23-16)12-20-8-7-19(24-20)11-17-5-3-15(22-17)9-13(1)21-14/h1-7,9-12H,8H2/b13-9-,16-10-,17-11-,20-12-. The number of nitrogens with zero attached hydrogens (tertiary/aromatic N) is 3. The Bertz CT molecular complexity index is 986. The Morgan fingerprint density at radius 3 is 1.79 bits per heavy atom. The van der Waals surface area contributed by atoms with Crippen molar-refractivity contribution >= 4 is 17.1 Å². The summed E-state index contributed by atoms with van der Waals surface area (Å²) in [5.74, 6) is 1.72. The van der Waals surface area contributed by atoms with Crippen LogP contribution in [0.4, 0.5) is 0 Å². The van der Waals surface area contributed by atoms with E-state index in [2.05, 4.69) is 21.1 Å². The van der Waals surface area contributed by atoms with E-state index < -0.39 is 0 Å². The van der Waals surface area contributed by atoms with Gasteiger partial charge in [-0.05, 0) is 54.7 Å². The van der Waals surface area contributed by atoms with Gasteiger partial charge in [0.05, 0.1) is 34.2 Å². The fraction of sp³-hybridized carbons (Fsp3) is 0.0500. The Morgan fingerprint density at radius 2 is 1.17 bits per heavy atom. The quantitative estimate of drug-likeness (QED) is 0.670. The Hall–Kier alpha value is -3.27. The molecule has 0 unspecified atom stereocenters. The van der Waals surface area contributed by atoms with Crippen molar-refractivity contribution in [2.45, 2.75) is 6.42 Å². The molecule has 0 aromatic rings. The van der Waals surface area contributed by atoms with Gasteiger partial charge in [-0.3, -0.25) is 0 Å². The van der Waals surface area contributed by atoms with Gasteiger partial charge in [-0.1, -0.05) is 0 Å². The number of aliphatic imine (C=N–C) groups is 3. The van der Waals surface area contributed by atoms with Crippen molar-refractivity contribution in [3.05, 3.63) is 95.4 Å². The van der Waals surface area contributed by atoms with Gasteiger partial charge in [0.25, 0.3) is 0 Å². The predicted molar refractivity (Wildman–Crippen MR) is 95.8 cm³/mol. The molecule has 0 saturated carbocycles. The van der Waals surface area contributed by atoms with Crippen LogP contribution in [0.25, 0.3) is 0 Å². The summed E-state index contributed by atoms with van der Waals surface area (Å²) in [6.07, 6.45) is 22.6. The van der Waals surface area contributed by atoms with Gasteiger partial charge in [-0.2, -0.15) is 0 Å². The first-order chi connectivity index (χ1) is 11.8. The van der Waals surface area contributed by atoms with Crippen molar-refractivity contribution in [3.8, 4) is 0 Å².